The zero-order valence-corrected chi connectivity index (χ0v) is 16.0. The van der Waals surface area contributed by atoms with Crippen LogP contribution in [-0.4, -0.2) is 18.0 Å². The first-order valence-electron chi connectivity index (χ1n) is 7.38. The van der Waals surface area contributed by atoms with Gasteiger partial charge in [-0.1, -0.05) is 35.9 Å². The summed E-state index contributed by atoms with van der Waals surface area (Å²) in [4.78, 5) is 3.82. The van der Waals surface area contributed by atoms with Gasteiger partial charge >= 0.3 is 0 Å². The van der Waals surface area contributed by atoms with Crippen LogP contribution in [0.25, 0.3) is 0 Å². The quantitative estimate of drug-likeness (QED) is 0.324. The van der Waals surface area contributed by atoms with E-state index >= 15 is 0 Å². The highest BCUT2D eigenvalue weighted by Crippen LogP contribution is 2.58. The van der Waals surface area contributed by atoms with Gasteiger partial charge in [0.25, 0.3) is 0 Å². The van der Waals surface area contributed by atoms with E-state index in [9.17, 15) is 4.39 Å². The Kier molecular flexibility index (Phi) is 5.38. The van der Waals surface area contributed by atoms with Gasteiger partial charge in [-0.3, -0.25) is 0 Å². The van der Waals surface area contributed by atoms with Crippen LogP contribution < -0.4 is 11.1 Å². The fourth-order valence-corrected chi connectivity index (χ4v) is 3.46. The molecule has 3 N–H and O–H groups in total. The van der Waals surface area contributed by atoms with Crippen LogP contribution in [-0.2, 0) is 10.3 Å². The lowest BCUT2D eigenvalue weighted by Crippen LogP contribution is -2.32. The summed E-state index contributed by atoms with van der Waals surface area (Å²) in [6.07, 6.45) is 0.839. The summed E-state index contributed by atoms with van der Waals surface area (Å²) in [5.41, 5.74) is 6.19. The SMILES string of the molecule is N/C=N\C(=S)NCC1(c2ccc(F)c(Br)c2)OC1c1ccccc1Cl. The van der Waals surface area contributed by atoms with E-state index in [1.165, 1.54) is 6.07 Å². The van der Waals surface area contributed by atoms with Crippen molar-refractivity contribution in [3.63, 3.8) is 0 Å². The van der Waals surface area contributed by atoms with E-state index in [0.717, 1.165) is 17.5 Å². The normalized spacial score (nSPS) is 22.1. The Hall–Kier alpha value is -1.54. The van der Waals surface area contributed by atoms with E-state index in [1.807, 2.05) is 18.2 Å². The molecule has 1 heterocycles. The fraction of sp³-hybridized carbons (Fsp3) is 0.176. The highest BCUT2D eigenvalue weighted by Gasteiger charge is 2.59. The molecule has 4 nitrogen and oxygen atoms in total. The molecule has 2 atom stereocenters. The monoisotopic (exact) mass is 441 g/mol. The summed E-state index contributed by atoms with van der Waals surface area (Å²) in [7, 11) is 0. The zero-order chi connectivity index (χ0) is 18.0. The maximum atomic E-state index is 13.6. The number of nitrogens with one attached hydrogen (secondary N) is 1. The van der Waals surface area contributed by atoms with E-state index in [-0.39, 0.29) is 17.0 Å². The van der Waals surface area contributed by atoms with Gasteiger partial charge < -0.3 is 15.8 Å². The predicted octanol–water partition coefficient (Wildman–Crippen LogP) is 4.07. The van der Waals surface area contributed by atoms with Crippen LogP contribution in [0.2, 0.25) is 5.02 Å². The molecule has 0 radical (unpaired) electrons. The van der Waals surface area contributed by atoms with Gasteiger partial charge in [0.05, 0.1) is 17.4 Å². The minimum absolute atomic E-state index is 0.247. The molecule has 3 rings (SSSR count). The van der Waals surface area contributed by atoms with E-state index in [1.54, 1.807) is 18.2 Å². The fourth-order valence-electron chi connectivity index (χ4n) is 2.71. The first-order valence-corrected chi connectivity index (χ1v) is 8.96. The Balaban J connectivity index is 1.94. The summed E-state index contributed by atoms with van der Waals surface area (Å²) >= 11 is 14.6. The molecule has 0 aromatic heterocycles. The molecule has 0 amide bonds. The third-order valence-electron chi connectivity index (χ3n) is 3.98. The van der Waals surface area contributed by atoms with Crippen molar-refractivity contribution >= 4 is 51.2 Å². The molecular formula is C17H14BrClFN3OS. The number of aliphatic imine (C=N–C) groups is 1. The lowest BCUT2D eigenvalue weighted by molar-refractivity contribution is 0.295. The molecule has 130 valence electrons. The number of ether oxygens (including phenoxy) is 1. The Bertz CT molecular complexity index is 850. The molecule has 1 aliphatic rings. The minimum Gasteiger partial charge on any atom is -0.390 e. The third-order valence-corrected chi connectivity index (χ3v) is 5.19. The zero-order valence-electron chi connectivity index (χ0n) is 12.9. The first kappa shape index (κ1) is 18.3. The molecule has 1 aliphatic heterocycles. The predicted molar refractivity (Wildman–Crippen MR) is 104 cm³/mol. The maximum Gasteiger partial charge on any atom is 0.194 e. The van der Waals surface area contributed by atoms with Gasteiger partial charge in [0.2, 0.25) is 0 Å². The molecule has 2 aromatic carbocycles. The van der Waals surface area contributed by atoms with Crippen molar-refractivity contribution in [2.24, 2.45) is 10.7 Å². The summed E-state index contributed by atoms with van der Waals surface area (Å²) < 4.78 is 20.0. The number of thiocarbonyl (C=S) groups is 1. The van der Waals surface area contributed by atoms with Crippen LogP contribution in [0.1, 0.15) is 17.2 Å². The van der Waals surface area contributed by atoms with Crippen LogP contribution in [0.5, 0.6) is 0 Å². The molecule has 8 heteroatoms. The second kappa shape index (κ2) is 7.37. The molecule has 2 unspecified atom stereocenters. The number of halogens is 3. The molecule has 1 saturated heterocycles. The van der Waals surface area contributed by atoms with Crippen LogP contribution in [0, 0.1) is 5.82 Å². The molecule has 1 fully saturated rings. The third kappa shape index (κ3) is 3.69. The number of nitrogens with zero attached hydrogens (tertiary/aromatic N) is 1. The highest BCUT2D eigenvalue weighted by atomic mass is 79.9. The number of benzene rings is 2. The number of hydrogen-bond donors (Lipinski definition) is 2. The van der Waals surface area contributed by atoms with Crippen molar-refractivity contribution in [1.82, 2.24) is 5.32 Å². The average Bonchev–Trinajstić information content (AvgIpc) is 3.32. The smallest absolute Gasteiger partial charge is 0.194 e. The van der Waals surface area contributed by atoms with Crippen molar-refractivity contribution in [3.8, 4) is 0 Å². The summed E-state index contributed by atoms with van der Waals surface area (Å²) in [6, 6.07) is 12.2. The van der Waals surface area contributed by atoms with Crippen LogP contribution in [0.3, 0.4) is 0 Å². The number of rotatable bonds is 4. The van der Waals surface area contributed by atoms with Gasteiger partial charge in [0.1, 0.15) is 17.5 Å². The van der Waals surface area contributed by atoms with Gasteiger partial charge in [-0.25, -0.2) is 9.38 Å². The van der Waals surface area contributed by atoms with Crippen molar-refractivity contribution < 1.29 is 9.13 Å². The topological polar surface area (TPSA) is 62.9 Å². The lowest BCUT2D eigenvalue weighted by atomic mass is 9.91. The minimum atomic E-state index is -0.727. The van der Waals surface area contributed by atoms with Crippen molar-refractivity contribution in [2.75, 3.05) is 6.54 Å². The Labute approximate surface area is 163 Å². The largest absolute Gasteiger partial charge is 0.390 e. The van der Waals surface area contributed by atoms with Crippen molar-refractivity contribution in [3.05, 3.63) is 68.9 Å². The van der Waals surface area contributed by atoms with E-state index in [2.05, 4.69) is 26.2 Å². The van der Waals surface area contributed by atoms with E-state index in [0.29, 0.717) is 16.0 Å². The van der Waals surface area contributed by atoms with E-state index < -0.39 is 5.60 Å². The lowest BCUT2D eigenvalue weighted by Gasteiger charge is -2.16. The molecule has 0 bridgehead atoms. The van der Waals surface area contributed by atoms with E-state index in [4.69, 9.17) is 34.3 Å². The van der Waals surface area contributed by atoms with Gasteiger partial charge in [-0.15, -0.1) is 0 Å². The standard InChI is InChI=1S/C17H14BrClFN3OS/c18-12-7-10(5-6-14(12)20)17(8-22-16(25)23-9-21)15(24-17)11-3-1-2-4-13(11)19/h1-7,9,15H,8H2,(H3,21,22,23,25). The van der Waals surface area contributed by atoms with Gasteiger partial charge in [-0.05, 0) is 51.9 Å². The van der Waals surface area contributed by atoms with Gasteiger partial charge in [0.15, 0.2) is 5.11 Å². The summed E-state index contributed by atoms with van der Waals surface area (Å²) in [5.74, 6) is -0.343. The summed E-state index contributed by atoms with van der Waals surface area (Å²) in [5, 5.41) is 3.87. The van der Waals surface area contributed by atoms with Crippen molar-refractivity contribution in [1.29, 1.82) is 0 Å². The Morgan fingerprint density at radius 1 is 1.44 bits per heavy atom. The number of epoxide rings is 1. The van der Waals surface area contributed by atoms with Gasteiger partial charge in [-0.2, -0.15) is 0 Å². The number of nitrogens with two attached hydrogens (primary N) is 1. The first-order chi connectivity index (χ1) is 12.0. The highest BCUT2D eigenvalue weighted by molar-refractivity contribution is 9.10. The number of hydrogen-bond acceptors (Lipinski definition) is 2. The maximum absolute atomic E-state index is 13.6. The Morgan fingerprint density at radius 2 is 2.20 bits per heavy atom. The Morgan fingerprint density at radius 3 is 2.88 bits per heavy atom. The second-order valence-electron chi connectivity index (χ2n) is 5.47. The molecule has 0 spiro atoms. The van der Waals surface area contributed by atoms with Crippen LogP contribution in [0.15, 0.2) is 51.9 Å². The molecule has 2 aromatic rings. The van der Waals surface area contributed by atoms with Crippen molar-refractivity contribution in [2.45, 2.75) is 11.7 Å². The van der Waals surface area contributed by atoms with Crippen LogP contribution >= 0.6 is 39.7 Å². The van der Waals surface area contributed by atoms with Gasteiger partial charge in [0, 0.05) is 10.6 Å². The second-order valence-corrected chi connectivity index (χ2v) is 7.12. The molecule has 0 saturated carbocycles. The van der Waals surface area contributed by atoms with Crippen LogP contribution in [0.4, 0.5) is 4.39 Å². The summed E-state index contributed by atoms with van der Waals surface area (Å²) in [6.45, 7) is 0.344. The molecule has 25 heavy (non-hydrogen) atoms. The molecular weight excluding hydrogens is 429 g/mol. The molecule has 0 aliphatic carbocycles. The average molecular weight is 443 g/mol.